The number of aliphatic carboxylic acids is 2. The summed E-state index contributed by atoms with van der Waals surface area (Å²) in [7, 11) is 0.204. The number of hydrogen-bond acceptors (Lipinski definition) is 5. The van der Waals surface area contributed by atoms with Crippen LogP contribution in [-0.4, -0.2) is 56.1 Å². The Morgan fingerprint density at radius 3 is 1.86 bits per heavy atom. The second kappa shape index (κ2) is 13.2. The molecule has 0 radical (unpaired) electrons. The Hall–Kier alpha value is -2.51. The van der Waals surface area contributed by atoms with E-state index in [4.69, 9.17) is 31.4 Å². The summed E-state index contributed by atoms with van der Waals surface area (Å²) in [6, 6.07) is 24.1. The summed E-state index contributed by atoms with van der Waals surface area (Å²) in [4.78, 5) is 20.5. The molecule has 1 unspecified atom stereocenters. The maximum Gasteiger partial charge on any atom is 0.414 e. The molecule has 192 valence electrons. The average Bonchev–Trinajstić information content (AvgIpc) is 2.84. The molecular weight excluding hydrogens is 619 g/mol. The lowest BCUT2D eigenvalue weighted by Gasteiger charge is -2.30. The fraction of sp³-hybridized carbons (Fsp3) is 0.200. The number of rotatable bonds is 8. The van der Waals surface area contributed by atoms with Gasteiger partial charge in [-0.05, 0) is 61.5 Å². The van der Waals surface area contributed by atoms with E-state index in [0.29, 0.717) is 11.4 Å². The van der Waals surface area contributed by atoms with Crippen molar-refractivity contribution in [3.8, 4) is 11.1 Å². The first-order valence-corrected chi connectivity index (χ1v) is 13.5. The van der Waals surface area contributed by atoms with Crippen molar-refractivity contribution in [2.75, 3.05) is 20.6 Å². The van der Waals surface area contributed by atoms with Gasteiger partial charge in [-0.1, -0.05) is 88.8 Å². The normalized spacial score (nSPS) is 12.8. The highest BCUT2D eigenvalue weighted by atomic mass is 127. The molecule has 36 heavy (non-hydrogen) atoms. The van der Waals surface area contributed by atoms with Crippen LogP contribution in [0, 0.1) is 0 Å². The van der Waals surface area contributed by atoms with Crippen LogP contribution >= 0.6 is 34.2 Å². The number of carboxylic acid groups (broad SMARTS) is 2. The number of halogens is 2. The first kappa shape index (κ1) is 29.7. The van der Waals surface area contributed by atoms with Gasteiger partial charge in [0, 0.05) is 11.6 Å². The Morgan fingerprint density at radius 1 is 0.889 bits per heavy atom. The topological polar surface area (TPSA) is 124 Å². The maximum absolute atomic E-state index is 13.2. The van der Waals surface area contributed by atoms with E-state index >= 15 is 0 Å². The van der Waals surface area contributed by atoms with E-state index in [0.717, 1.165) is 23.2 Å². The predicted octanol–water partition coefficient (Wildman–Crippen LogP) is 4.68. The Balaban J connectivity index is 0.000000678. The summed E-state index contributed by atoms with van der Waals surface area (Å²) in [5.74, 6) is -3.65. The third kappa shape index (κ3) is 8.86. The third-order valence-corrected chi connectivity index (χ3v) is 8.52. The minimum atomic E-state index is -3.73. The third-order valence-electron chi connectivity index (χ3n) is 4.96. The van der Waals surface area contributed by atoms with Crippen molar-refractivity contribution in [1.82, 2.24) is 9.62 Å². The molecule has 3 N–H and O–H groups in total. The zero-order chi connectivity index (χ0) is 26.9. The quantitative estimate of drug-likeness (QED) is 0.141. The van der Waals surface area contributed by atoms with Crippen molar-refractivity contribution in [1.29, 1.82) is 0 Å². The summed E-state index contributed by atoms with van der Waals surface area (Å²) in [6.45, 7) is 0.723. The van der Waals surface area contributed by atoms with Gasteiger partial charge in [-0.3, -0.25) is 0 Å². The average molecular weight is 645 g/mol. The SMILES string of the molecule is CN(C)CCC(I)(NS(=O)(=O)c1ccc(-c2ccccc2)cc1)c1ccc(Cl)cc1.O=C(O)C(=O)O. The van der Waals surface area contributed by atoms with E-state index < -0.39 is 25.5 Å². The van der Waals surface area contributed by atoms with Crippen LogP contribution in [0.3, 0.4) is 0 Å². The number of carboxylic acids is 2. The Kier molecular flexibility index (Phi) is 10.9. The number of benzene rings is 3. The molecule has 0 heterocycles. The smallest absolute Gasteiger partial charge is 0.414 e. The van der Waals surface area contributed by atoms with Crippen molar-refractivity contribution < 1.29 is 28.2 Å². The second-order valence-corrected chi connectivity index (χ2v) is 11.9. The number of sulfonamides is 1. The largest absolute Gasteiger partial charge is 0.473 e. The molecule has 3 rings (SSSR count). The van der Waals surface area contributed by atoms with E-state index in [9.17, 15) is 8.42 Å². The van der Waals surface area contributed by atoms with Gasteiger partial charge in [-0.15, -0.1) is 0 Å². The number of hydrogen-bond donors (Lipinski definition) is 3. The number of nitrogens with zero attached hydrogens (tertiary/aromatic N) is 1. The van der Waals surface area contributed by atoms with Gasteiger partial charge < -0.3 is 15.1 Å². The molecule has 0 amide bonds. The van der Waals surface area contributed by atoms with E-state index in [2.05, 4.69) is 27.3 Å². The van der Waals surface area contributed by atoms with Gasteiger partial charge >= 0.3 is 11.9 Å². The van der Waals surface area contributed by atoms with Gasteiger partial charge in [0.25, 0.3) is 0 Å². The van der Waals surface area contributed by atoms with E-state index in [1.165, 1.54) is 0 Å². The molecule has 11 heteroatoms. The molecule has 0 aromatic heterocycles. The van der Waals surface area contributed by atoms with Crippen LogP contribution in [0.2, 0.25) is 5.02 Å². The number of nitrogens with one attached hydrogen (secondary N) is 1. The van der Waals surface area contributed by atoms with Crippen LogP contribution in [0.15, 0.2) is 83.8 Å². The molecule has 0 bridgehead atoms. The zero-order valence-electron chi connectivity index (χ0n) is 19.6. The highest BCUT2D eigenvalue weighted by Gasteiger charge is 2.34. The molecular formula is C25H26ClIN2O6S. The first-order valence-electron chi connectivity index (χ1n) is 10.6. The summed E-state index contributed by atoms with van der Waals surface area (Å²) in [5.41, 5.74) is 2.88. The van der Waals surface area contributed by atoms with Crippen LogP contribution in [-0.2, 0) is 23.2 Å². The summed E-state index contributed by atoms with van der Waals surface area (Å²) >= 11 is 8.23. The molecule has 0 saturated carbocycles. The van der Waals surface area contributed by atoms with Crippen molar-refractivity contribution in [2.45, 2.75) is 14.9 Å². The fourth-order valence-corrected chi connectivity index (χ4v) is 5.93. The van der Waals surface area contributed by atoms with Gasteiger partial charge in [0.1, 0.15) is 3.55 Å². The lowest BCUT2D eigenvalue weighted by Crippen LogP contribution is -2.42. The molecule has 0 fully saturated rings. The van der Waals surface area contributed by atoms with Gasteiger partial charge in [0.15, 0.2) is 0 Å². The van der Waals surface area contributed by atoms with Gasteiger partial charge in [0.2, 0.25) is 10.0 Å². The number of carbonyl (C=O) groups is 2. The van der Waals surface area contributed by atoms with Crippen LogP contribution in [0.4, 0.5) is 0 Å². The van der Waals surface area contributed by atoms with Gasteiger partial charge in [-0.2, -0.15) is 4.72 Å². The van der Waals surface area contributed by atoms with Crippen LogP contribution in [0.25, 0.3) is 11.1 Å². The van der Waals surface area contributed by atoms with Crippen molar-refractivity contribution >= 4 is 56.2 Å². The molecule has 3 aromatic carbocycles. The molecule has 3 aromatic rings. The minimum Gasteiger partial charge on any atom is -0.473 e. The molecule has 0 aliphatic heterocycles. The summed E-state index contributed by atoms with van der Waals surface area (Å²) in [5, 5.41) is 15.4. The molecule has 0 aliphatic carbocycles. The highest BCUT2D eigenvalue weighted by Crippen LogP contribution is 2.35. The summed E-state index contributed by atoms with van der Waals surface area (Å²) in [6.07, 6.45) is 0.601. The van der Waals surface area contributed by atoms with E-state index in [1.54, 1.807) is 24.3 Å². The molecule has 0 spiro atoms. The number of alkyl halides is 1. The minimum absolute atomic E-state index is 0.238. The molecule has 1 atom stereocenters. The molecule has 0 aliphatic rings. The molecule has 8 nitrogen and oxygen atoms in total. The monoisotopic (exact) mass is 644 g/mol. The lowest BCUT2D eigenvalue weighted by molar-refractivity contribution is -0.159. The van der Waals surface area contributed by atoms with Crippen LogP contribution < -0.4 is 4.72 Å². The fourth-order valence-electron chi connectivity index (χ4n) is 3.08. The van der Waals surface area contributed by atoms with E-state index in [-0.39, 0.29) is 4.90 Å². The second-order valence-electron chi connectivity index (χ2n) is 7.97. The van der Waals surface area contributed by atoms with Crippen molar-refractivity contribution in [2.24, 2.45) is 0 Å². The zero-order valence-corrected chi connectivity index (χ0v) is 23.3. The van der Waals surface area contributed by atoms with Crippen molar-refractivity contribution in [3.05, 3.63) is 89.4 Å². The van der Waals surface area contributed by atoms with Crippen molar-refractivity contribution in [3.63, 3.8) is 0 Å². The van der Waals surface area contributed by atoms with Gasteiger partial charge in [0.05, 0.1) is 4.90 Å². The summed E-state index contributed by atoms with van der Waals surface area (Å²) < 4.78 is 28.6. The first-order chi connectivity index (χ1) is 16.8. The van der Waals surface area contributed by atoms with E-state index in [1.807, 2.05) is 73.6 Å². The highest BCUT2D eigenvalue weighted by molar-refractivity contribution is 14.1. The van der Waals surface area contributed by atoms with Gasteiger partial charge in [-0.25, -0.2) is 18.0 Å². The van der Waals surface area contributed by atoms with Crippen LogP contribution in [0.1, 0.15) is 12.0 Å². The Bertz CT molecular complexity index is 1260. The van der Waals surface area contributed by atoms with Crippen LogP contribution in [0.5, 0.6) is 0 Å². The Morgan fingerprint density at radius 2 is 1.39 bits per heavy atom. The maximum atomic E-state index is 13.2. The molecule has 0 saturated heterocycles. The lowest BCUT2D eigenvalue weighted by atomic mass is 10.0. The predicted molar refractivity (Wildman–Crippen MR) is 148 cm³/mol. The standard InChI is InChI=1S/C23H24ClIN2O2S.C2H2O4/c1-27(2)17-16-23(25,20-10-12-21(24)13-11-20)26-30(28,29)22-14-8-19(9-15-22)18-6-4-3-5-7-18;3-1(4)2(5)6/h3-15,26H,16-17H2,1-2H3;(H,3,4)(H,5,6). The Labute approximate surface area is 229 Å².